The van der Waals surface area contributed by atoms with E-state index in [2.05, 4.69) is 40.5 Å². The molecule has 0 saturated carbocycles. The van der Waals surface area contributed by atoms with Crippen molar-refractivity contribution in [2.75, 3.05) is 11.4 Å². The van der Waals surface area contributed by atoms with E-state index in [1.54, 1.807) is 0 Å². The second-order valence-corrected chi connectivity index (χ2v) is 6.61. The van der Waals surface area contributed by atoms with Crippen LogP contribution in [0.2, 0.25) is 0 Å². The van der Waals surface area contributed by atoms with E-state index in [1.165, 1.54) is 0 Å². The molecule has 0 aliphatic carbocycles. The van der Waals surface area contributed by atoms with Gasteiger partial charge in [0.1, 0.15) is 11.6 Å². The van der Waals surface area contributed by atoms with Crippen molar-refractivity contribution in [2.45, 2.75) is 58.8 Å². The van der Waals surface area contributed by atoms with E-state index in [0.29, 0.717) is 13.1 Å². The lowest BCUT2D eigenvalue weighted by Crippen LogP contribution is -2.51. The minimum Gasteiger partial charge on any atom is -0.477 e. The molecule has 1 amide bonds. The molecule has 6 nitrogen and oxygen atoms in total. The maximum absolute atomic E-state index is 12.7. The molecule has 1 atom stereocenters. The number of imidazole rings is 1. The van der Waals surface area contributed by atoms with Crippen LogP contribution in [-0.2, 0) is 17.9 Å². The van der Waals surface area contributed by atoms with Crippen LogP contribution in [0.25, 0.3) is 0 Å². The van der Waals surface area contributed by atoms with Gasteiger partial charge in [0.05, 0.1) is 18.8 Å². The number of anilines is 1. The lowest BCUT2D eigenvalue weighted by Gasteiger charge is -2.36. The van der Waals surface area contributed by atoms with Crippen LogP contribution in [0, 0.1) is 0 Å². The average Bonchev–Trinajstić information content (AvgIpc) is 3.12. The van der Waals surface area contributed by atoms with Crippen LogP contribution in [0.15, 0.2) is 36.7 Å². The molecule has 1 N–H and O–H groups in total. The van der Waals surface area contributed by atoms with E-state index in [1.807, 2.05) is 36.7 Å². The molecule has 26 heavy (non-hydrogen) atoms. The predicted octanol–water partition coefficient (Wildman–Crippen LogP) is 2.98. The normalized spacial score (nSPS) is 16.3. The van der Waals surface area contributed by atoms with E-state index in [9.17, 15) is 4.79 Å². The van der Waals surface area contributed by atoms with E-state index >= 15 is 0 Å². The zero-order valence-corrected chi connectivity index (χ0v) is 15.8. The van der Waals surface area contributed by atoms with Crippen LogP contribution < -0.4 is 15.0 Å². The van der Waals surface area contributed by atoms with Gasteiger partial charge in [-0.25, -0.2) is 4.98 Å². The van der Waals surface area contributed by atoms with Gasteiger partial charge in [-0.1, -0.05) is 26.0 Å². The summed E-state index contributed by atoms with van der Waals surface area (Å²) in [5, 5.41) is 3.11. The molecule has 0 fully saturated rings. The Hall–Kier alpha value is -2.50. The van der Waals surface area contributed by atoms with Crippen molar-refractivity contribution in [3.05, 3.63) is 42.5 Å². The Balaban J connectivity index is 1.81. The van der Waals surface area contributed by atoms with Crippen LogP contribution in [-0.4, -0.2) is 34.1 Å². The number of carbonyl (C=O) groups is 1. The predicted molar refractivity (Wildman–Crippen MR) is 102 cm³/mol. The number of amides is 1. The highest BCUT2D eigenvalue weighted by molar-refractivity contribution is 5.83. The van der Waals surface area contributed by atoms with Gasteiger partial charge >= 0.3 is 0 Å². The molecule has 1 aliphatic rings. The molecule has 6 heteroatoms. The number of benzene rings is 1. The first-order valence-electron chi connectivity index (χ1n) is 9.47. The molecule has 1 aromatic heterocycles. The average molecular weight is 356 g/mol. The Morgan fingerprint density at radius 2 is 2.08 bits per heavy atom. The Kier molecular flexibility index (Phi) is 5.81. The van der Waals surface area contributed by atoms with Gasteiger partial charge in [0.15, 0.2) is 6.10 Å². The molecule has 0 spiro atoms. The first-order chi connectivity index (χ1) is 12.7. The fourth-order valence-electron chi connectivity index (χ4n) is 3.33. The number of hydrogen-bond acceptors (Lipinski definition) is 4. The molecule has 2 heterocycles. The van der Waals surface area contributed by atoms with E-state index in [0.717, 1.165) is 36.6 Å². The quantitative estimate of drug-likeness (QED) is 0.829. The monoisotopic (exact) mass is 356 g/mol. The number of para-hydroxylation sites is 2. The molecular formula is C20H28N4O2. The molecule has 2 aromatic rings. The van der Waals surface area contributed by atoms with Gasteiger partial charge in [-0.05, 0) is 31.9 Å². The Bertz CT molecular complexity index is 739. The van der Waals surface area contributed by atoms with Crippen LogP contribution in [0.4, 0.5) is 5.69 Å². The maximum Gasteiger partial charge on any atom is 0.263 e. The second kappa shape index (κ2) is 8.25. The van der Waals surface area contributed by atoms with Crippen molar-refractivity contribution in [3.8, 4) is 5.75 Å². The highest BCUT2D eigenvalue weighted by Crippen LogP contribution is 2.34. The summed E-state index contributed by atoms with van der Waals surface area (Å²) in [6.07, 6.45) is 5.13. The van der Waals surface area contributed by atoms with Gasteiger partial charge in [0, 0.05) is 25.0 Å². The fourth-order valence-corrected chi connectivity index (χ4v) is 3.33. The van der Waals surface area contributed by atoms with Crippen molar-refractivity contribution in [1.29, 1.82) is 0 Å². The third-order valence-corrected chi connectivity index (χ3v) is 4.96. The van der Waals surface area contributed by atoms with Crippen LogP contribution in [0.1, 0.15) is 39.4 Å². The molecule has 3 rings (SSSR count). The largest absolute Gasteiger partial charge is 0.477 e. The van der Waals surface area contributed by atoms with E-state index < -0.39 is 6.10 Å². The Morgan fingerprint density at radius 3 is 2.81 bits per heavy atom. The zero-order valence-electron chi connectivity index (χ0n) is 15.8. The number of fused-ring (bicyclic) bond motifs is 1. The number of aryl methyl sites for hydroxylation is 1. The number of ether oxygens (including phenoxy) is 1. The summed E-state index contributed by atoms with van der Waals surface area (Å²) in [5.41, 5.74) is 1.00. The standard InChI is InChI=1S/C20H28N4O2/c1-4-15(5-2)22-20(25)18-13-24(14-19-21-11-12-23(19)6-3)16-9-7-8-10-17(16)26-18/h7-12,15,18H,4-6,13-14H2,1-3H3,(H,22,25)/t18-/m1/s1. The van der Waals surface area contributed by atoms with Gasteiger partial charge in [0.25, 0.3) is 5.91 Å². The van der Waals surface area contributed by atoms with Crippen LogP contribution in [0.5, 0.6) is 5.75 Å². The molecule has 0 radical (unpaired) electrons. The first-order valence-corrected chi connectivity index (χ1v) is 9.47. The van der Waals surface area contributed by atoms with Crippen molar-refractivity contribution in [2.24, 2.45) is 0 Å². The third-order valence-electron chi connectivity index (χ3n) is 4.96. The third kappa shape index (κ3) is 3.84. The Morgan fingerprint density at radius 1 is 1.31 bits per heavy atom. The SMILES string of the molecule is CCC(CC)NC(=O)[C@H]1CN(Cc2nccn2CC)c2ccccc2O1. The van der Waals surface area contributed by atoms with Crippen molar-refractivity contribution in [3.63, 3.8) is 0 Å². The summed E-state index contributed by atoms with van der Waals surface area (Å²) in [5.74, 6) is 1.69. The van der Waals surface area contributed by atoms with E-state index in [-0.39, 0.29) is 11.9 Å². The van der Waals surface area contributed by atoms with Gasteiger partial charge in [-0.2, -0.15) is 0 Å². The number of carbonyl (C=O) groups excluding carboxylic acids is 1. The summed E-state index contributed by atoms with van der Waals surface area (Å²) in [7, 11) is 0. The summed E-state index contributed by atoms with van der Waals surface area (Å²) in [6.45, 7) is 8.31. The van der Waals surface area contributed by atoms with Crippen molar-refractivity contribution in [1.82, 2.24) is 14.9 Å². The highest BCUT2D eigenvalue weighted by atomic mass is 16.5. The first kappa shape index (κ1) is 18.3. The van der Waals surface area contributed by atoms with Crippen LogP contribution in [0.3, 0.4) is 0 Å². The van der Waals surface area contributed by atoms with E-state index in [4.69, 9.17) is 4.74 Å². The van der Waals surface area contributed by atoms with Crippen molar-refractivity contribution >= 4 is 11.6 Å². The minimum absolute atomic E-state index is 0.0444. The molecular weight excluding hydrogens is 328 g/mol. The smallest absolute Gasteiger partial charge is 0.263 e. The molecule has 140 valence electrons. The molecule has 1 aliphatic heterocycles. The molecule has 0 unspecified atom stereocenters. The molecule has 0 saturated heterocycles. The summed E-state index contributed by atoms with van der Waals surface area (Å²) in [4.78, 5) is 19.4. The number of aromatic nitrogens is 2. The number of hydrogen-bond donors (Lipinski definition) is 1. The topological polar surface area (TPSA) is 59.4 Å². The fraction of sp³-hybridized carbons (Fsp3) is 0.500. The van der Waals surface area contributed by atoms with Gasteiger partial charge in [0.2, 0.25) is 0 Å². The maximum atomic E-state index is 12.7. The summed E-state index contributed by atoms with van der Waals surface area (Å²) >= 11 is 0. The minimum atomic E-state index is -0.518. The lowest BCUT2D eigenvalue weighted by molar-refractivity contribution is -0.128. The van der Waals surface area contributed by atoms with Crippen molar-refractivity contribution < 1.29 is 9.53 Å². The number of nitrogens with zero attached hydrogens (tertiary/aromatic N) is 3. The number of rotatable bonds is 7. The highest BCUT2D eigenvalue weighted by Gasteiger charge is 2.31. The molecule has 1 aromatic carbocycles. The summed E-state index contributed by atoms with van der Waals surface area (Å²) < 4.78 is 8.13. The lowest BCUT2D eigenvalue weighted by atomic mass is 10.1. The van der Waals surface area contributed by atoms with Crippen LogP contribution >= 0.6 is 0 Å². The second-order valence-electron chi connectivity index (χ2n) is 6.61. The van der Waals surface area contributed by atoms with Gasteiger partial charge in [-0.3, -0.25) is 4.79 Å². The van der Waals surface area contributed by atoms with Gasteiger partial charge in [-0.15, -0.1) is 0 Å². The zero-order chi connectivity index (χ0) is 18.5. The Labute approximate surface area is 155 Å². The number of nitrogens with one attached hydrogen (secondary N) is 1. The van der Waals surface area contributed by atoms with Gasteiger partial charge < -0.3 is 19.5 Å². The molecule has 0 bridgehead atoms. The summed E-state index contributed by atoms with van der Waals surface area (Å²) in [6, 6.07) is 8.07.